The van der Waals surface area contributed by atoms with E-state index in [9.17, 15) is 0 Å². The molecule has 2 aromatic carbocycles. The zero-order valence-corrected chi connectivity index (χ0v) is 10.7. The summed E-state index contributed by atoms with van der Waals surface area (Å²) in [7, 11) is 0. The minimum absolute atomic E-state index is 1.16. The van der Waals surface area contributed by atoms with Gasteiger partial charge in [-0.3, -0.25) is 0 Å². The Morgan fingerprint density at radius 2 is 1.50 bits per heavy atom. The summed E-state index contributed by atoms with van der Waals surface area (Å²) in [4.78, 5) is 0. The van der Waals surface area contributed by atoms with Gasteiger partial charge in [-0.05, 0) is 34.3 Å². The van der Waals surface area contributed by atoms with Crippen LogP contribution in [-0.4, -0.2) is 0 Å². The van der Waals surface area contributed by atoms with Gasteiger partial charge in [0.2, 0.25) is 0 Å². The Kier molecular flexibility index (Phi) is 3.02. The van der Waals surface area contributed by atoms with Gasteiger partial charge in [0.25, 0.3) is 0 Å². The van der Waals surface area contributed by atoms with Gasteiger partial charge in [0.05, 0.1) is 0 Å². The molecule has 3 rings (SSSR count). The van der Waals surface area contributed by atoms with Crippen molar-refractivity contribution in [2.75, 3.05) is 0 Å². The molecule has 1 aliphatic carbocycles. The molecule has 1 radical (unpaired) electrons. The minimum Gasteiger partial charge on any atom is -0.0651 e. The Morgan fingerprint density at radius 1 is 0.778 bits per heavy atom. The summed E-state index contributed by atoms with van der Waals surface area (Å²) in [6, 6.07) is 19.4. The standard InChI is InChI=1S/C18H17/c1-2-8-14-11-6-7-12-16(14)18-13-17(18)15-9-4-3-5-10-15/h3-7,9-13H,2,8H2,1H3. The van der Waals surface area contributed by atoms with Crippen LogP contribution in [-0.2, 0) is 6.42 Å². The summed E-state index contributed by atoms with van der Waals surface area (Å²) in [5, 5.41) is 0. The normalized spacial score (nSPS) is 13.8. The van der Waals surface area contributed by atoms with Crippen molar-refractivity contribution in [1.82, 2.24) is 0 Å². The zero-order chi connectivity index (χ0) is 12.4. The Morgan fingerprint density at radius 3 is 2.28 bits per heavy atom. The van der Waals surface area contributed by atoms with E-state index in [0.29, 0.717) is 0 Å². The molecule has 89 valence electrons. The molecule has 1 aliphatic rings. The van der Waals surface area contributed by atoms with Crippen molar-refractivity contribution >= 4 is 11.1 Å². The lowest BCUT2D eigenvalue weighted by molar-refractivity contribution is 0.919. The summed E-state index contributed by atoms with van der Waals surface area (Å²) in [5.41, 5.74) is 7.04. The number of hydrogen-bond acceptors (Lipinski definition) is 0. The summed E-state index contributed by atoms with van der Waals surface area (Å²) in [6.45, 7) is 2.24. The summed E-state index contributed by atoms with van der Waals surface area (Å²) >= 11 is 0. The monoisotopic (exact) mass is 233 g/mol. The Hall–Kier alpha value is -1.82. The quantitative estimate of drug-likeness (QED) is 0.713. The SMILES string of the molecule is CCCc1ccccc1C1=C(c2ccccc2)[CH]1. The highest BCUT2D eigenvalue weighted by Crippen LogP contribution is 2.46. The van der Waals surface area contributed by atoms with Gasteiger partial charge in [0, 0.05) is 6.42 Å². The van der Waals surface area contributed by atoms with Crippen LogP contribution < -0.4 is 0 Å². The lowest BCUT2D eigenvalue weighted by atomic mass is 10.0. The Balaban J connectivity index is 1.96. The number of allylic oxidation sites excluding steroid dienone is 2. The highest BCUT2D eigenvalue weighted by molar-refractivity contribution is 6.17. The molecule has 0 aromatic heterocycles. The average molecular weight is 233 g/mol. The van der Waals surface area contributed by atoms with Crippen LogP contribution in [0.3, 0.4) is 0 Å². The van der Waals surface area contributed by atoms with E-state index in [-0.39, 0.29) is 0 Å². The lowest BCUT2D eigenvalue weighted by Crippen LogP contribution is -1.88. The van der Waals surface area contributed by atoms with Gasteiger partial charge in [-0.15, -0.1) is 0 Å². The molecule has 0 fully saturated rings. The van der Waals surface area contributed by atoms with Gasteiger partial charge in [-0.2, -0.15) is 0 Å². The Labute approximate surface area is 109 Å². The first-order valence-corrected chi connectivity index (χ1v) is 6.63. The van der Waals surface area contributed by atoms with Gasteiger partial charge in [-0.25, -0.2) is 0 Å². The van der Waals surface area contributed by atoms with Gasteiger partial charge in [0.15, 0.2) is 0 Å². The average Bonchev–Trinajstić information content (AvgIpc) is 3.21. The smallest absolute Gasteiger partial charge is 0.0218 e. The van der Waals surface area contributed by atoms with Crippen molar-refractivity contribution in [3.8, 4) is 0 Å². The van der Waals surface area contributed by atoms with Crippen LogP contribution >= 0.6 is 0 Å². The van der Waals surface area contributed by atoms with E-state index < -0.39 is 0 Å². The van der Waals surface area contributed by atoms with E-state index in [4.69, 9.17) is 0 Å². The first-order chi connectivity index (χ1) is 8.90. The largest absolute Gasteiger partial charge is 0.0651 e. The molecular formula is C18H17. The molecule has 2 aromatic rings. The topological polar surface area (TPSA) is 0 Å². The number of aryl methyl sites for hydroxylation is 1. The zero-order valence-electron chi connectivity index (χ0n) is 10.7. The molecule has 0 unspecified atom stereocenters. The molecule has 0 heterocycles. The van der Waals surface area contributed by atoms with E-state index in [0.717, 1.165) is 6.42 Å². The molecule has 0 spiro atoms. The maximum Gasteiger partial charge on any atom is 0.0218 e. The lowest BCUT2D eigenvalue weighted by Gasteiger charge is -2.04. The fourth-order valence-corrected chi connectivity index (χ4v) is 2.46. The molecule has 0 amide bonds. The molecule has 0 N–H and O–H groups in total. The molecule has 0 aliphatic heterocycles. The van der Waals surface area contributed by atoms with Gasteiger partial charge in [0.1, 0.15) is 0 Å². The minimum atomic E-state index is 1.16. The van der Waals surface area contributed by atoms with Crippen LogP contribution in [0.4, 0.5) is 0 Å². The molecule has 0 heteroatoms. The van der Waals surface area contributed by atoms with Crippen molar-refractivity contribution in [2.45, 2.75) is 19.8 Å². The van der Waals surface area contributed by atoms with E-state index in [1.54, 1.807) is 0 Å². The third-order valence-corrected chi connectivity index (χ3v) is 3.41. The van der Waals surface area contributed by atoms with Crippen LogP contribution in [0, 0.1) is 6.42 Å². The maximum absolute atomic E-state index is 2.30. The van der Waals surface area contributed by atoms with E-state index in [1.807, 2.05) is 0 Å². The molecule has 0 saturated heterocycles. The molecule has 0 saturated carbocycles. The first-order valence-electron chi connectivity index (χ1n) is 6.63. The van der Waals surface area contributed by atoms with Crippen molar-refractivity contribution < 1.29 is 0 Å². The van der Waals surface area contributed by atoms with Crippen LogP contribution in [0.25, 0.3) is 11.1 Å². The predicted octanol–water partition coefficient (Wildman–Crippen LogP) is 4.77. The second kappa shape index (κ2) is 4.81. The molecule has 0 atom stereocenters. The van der Waals surface area contributed by atoms with Gasteiger partial charge in [-0.1, -0.05) is 67.9 Å². The highest BCUT2D eigenvalue weighted by Gasteiger charge is 2.26. The predicted molar refractivity (Wildman–Crippen MR) is 78.0 cm³/mol. The summed E-state index contributed by atoms with van der Waals surface area (Å²) in [5.74, 6) is 0. The van der Waals surface area contributed by atoms with Crippen molar-refractivity contribution in [3.63, 3.8) is 0 Å². The van der Waals surface area contributed by atoms with Crippen LogP contribution in [0.5, 0.6) is 0 Å². The third-order valence-electron chi connectivity index (χ3n) is 3.41. The van der Waals surface area contributed by atoms with E-state index >= 15 is 0 Å². The van der Waals surface area contributed by atoms with Crippen molar-refractivity contribution in [1.29, 1.82) is 0 Å². The van der Waals surface area contributed by atoms with E-state index in [2.05, 4.69) is 67.9 Å². The second-order valence-corrected chi connectivity index (χ2v) is 4.74. The maximum atomic E-state index is 2.30. The summed E-state index contributed by atoms with van der Waals surface area (Å²) in [6.07, 6.45) is 4.66. The fourth-order valence-electron chi connectivity index (χ4n) is 2.46. The van der Waals surface area contributed by atoms with E-state index in [1.165, 1.54) is 34.3 Å². The van der Waals surface area contributed by atoms with Crippen LogP contribution in [0.15, 0.2) is 54.6 Å². The molecule has 0 bridgehead atoms. The Bertz CT molecular complexity index is 576. The summed E-state index contributed by atoms with van der Waals surface area (Å²) < 4.78 is 0. The van der Waals surface area contributed by atoms with Crippen molar-refractivity contribution in [3.05, 3.63) is 77.7 Å². The number of benzene rings is 2. The molecule has 0 nitrogen and oxygen atoms in total. The molecule has 18 heavy (non-hydrogen) atoms. The van der Waals surface area contributed by atoms with Crippen LogP contribution in [0.1, 0.15) is 30.0 Å². The van der Waals surface area contributed by atoms with Crippen molar-refractivity contribution in [2.24, 2.45) is 0 Å². The highest BCUT2D eigenvalue weighted by atomic mass is 14.3. The van der Waals surface area contributed by atoms with Crippen LogP contribution in [0.2, 0.25) is 0 Å². The van der Waals surface area contributed by atoms with Gasteiger partial charge >= 0.3 is 0 Å². The third kappa shape index (κ3) is 2.11. The fraction of sp³-hybridized carbons (Fsp3) is 0.167. The first kappa shape index (κ1) is 11.3. The number of rotatable bonds is 4. The van der Waals surface area contributed by atoms with Gasteiger partial charge < -0.3 is 0 Å². The second-order valence-electron chi connectivity index (χ2n) is 4.74. The number of hydrogen-bond donors (Lipinski definition) is 0. The molecular weight excluding hydrogens is 216 g/mol.